The number of rotatable bonds is 7. The Hall–Kier alpha value is -1.90. The van der Waals surface area contributed by atoms with Crippen molar-refractivity contribution >= 4 is 50.6 Å². The first-order chi connectivity index (χ1) is 14.2. The Labute approximate surface area is 181 Å². The van der Waals surface area contributed by atoms with Gasteiger partial charge in [-0.15, -0.1) is 29.3 Å². The van der Waals surface area contributed by atoms with Crippen molar-refractivity contribution in [3.63, 3.8) is 0 Å². The molecule has 0 bridgehead atoms. The van der Waals surface area contributed by atoms with E-state index in [2.05, 4.69) is 11.9 Å². The smallest absolute Gasteiger partial charge is 0.263 e. The summed E-state index contributed by atoms with van der Waals surface area (Å²) >= 11 is 4.40. The molecule has 3 aromatic rings. The average molecular weight is 446 g/mol. The third kappa shape index (κ3) is 4.49. The van der Waals surface area contributed by atoms with E-state index in [4.69, 9.17) is 4.98 Å². The van der Waals surface area contributed by atoms with Crippen LogP contribution in [0.5, 0.6) is 0 Å². The minimum Gasteiger partial charge on any atom is -0.353 e. The van der Waals surface area contributed by atoms with Crippen molar-refractivity contribution in [1.82, 2.24) is 14.9 Å². The summed E-state index contributed by atoms with van der Waals surface area (Å²) in [5.41, 5.74) is 0.858. The Bertz CT molecular complexity index is 1060. The predicted octanol–water partition coefficient (Wildman–Crippen LogP) is 4.91. The van der Waals surface area contributed by atoms with Crippen molar-refractivity contribution in [1.29, 1.82) is 0 Å². The van der Waals surface area contributed by atoms with Crippen LogP contribution in [0.15, 0.2) is 45.5 Å². The van der Waals surface area contributed by atoms with Crippen LogP contribution in [0.1, 0.15) is 32.1 Å². The fraction of sp³-hybridized carbons (Fsp3) is 0.381. The lowest BCUT2D eigenvalue weighted by atomic mass is 9.95. The summed E-state index contributed by atoms with van der Waals surface area (Å²) in [5, 5.41) is 8.34. The van der Waals surface area contributed by atoms with Crippen molar-refractivity contribution < 1.29 is 4.79 Å². The Balaban J connectivity index is 1.58. The van der Waals surface area contributed by atoms with Crippen molar-refractivity contribution in [3.05, 3.63) is 45.9 Å². The Morgan fingerprint density at radius 1 is 1.34 bits per heavy atom. The maximum atomic E-state index is 13.3. The molecule has 1 N–H and O–H groups in total. The van der Waals surface area contributed by atoms with Gasteiger partial charge in [0.25, 0.3) is 5.56 Å². The molecule has 0 aliphatic heterocycles. The van der Waals surface area contributed by atoms with Gasteiger partial charge in [-0.1, -0.05) is 43.2 Å². The average Bonchev–Trinajstić information content (AvgIpc) is 3.39. The van der Waals surface area contributed by atoms with Gasteiger partial charge in [0.2, 0.25) is 5.91 Å². The molecule has 1 saturated carbocycles. The lowest BCUT2D eigenvalue weighted by Gasteiger charge is -2.22. The normalized spacial score (nSPS) is 14.9. The topological polar surface area (TPSA) is 64.0 Å². The van der Waals surface area contributed by atoms with Gasteiger partial charge in [0.1, 0.15) is 4.83 Å². The number of nitrogens with zero attached hydrogens (tertiary/aromatic N) is 2. The van der Waals surface area contributed by atoms with Crippen molar-refractivity contribution in [3.8, 4) is 10.4 Å². The second kappa shape index (κ2) is 9.28. The maximum absolute atomic E-state index is 13.3. The van der Waals surface area contributed by atoms with Crippen LogP contribution in [-0.2, 0) is 11.3 Å². The van der Waals surface area contributed by atoms with Gasteiger partial charge in [-0.2, -0.15) is 0 Å². The zero-order valence-corrected chi connectivity index (χ0v) is 18.5. The molecular weight excluding hydrogens is 422 g/mol. The third-order valence-electron chi connectivity index (χ3n) is 5.06. The number of hydrogen-bond donors (Lipinski definition) is 1. The maximum Gasteiger partial charge on any atom is 0.263 e. The standard InChI is InChI=1S/C21H23N3O2S3/c1-2-10-24-20(26)18-15(16-9-6-11-27-16)12-28-19(18)23-21(24)29-13-17(25)22-14-7-4-3-5-8-14/h2,6,9,11-12,14H,1,3-5,7-8,10,13H2,(H,22,25). The van der Waals surface area contributed by atoms with Crippen LogP contribution in [0, 0.1) is 0 Å². The first-order valence-electron chi connectivity index (χ1n) is 9.76. The van der Waals surface area contributed by atoms with Crippen molar-refractivity contribution in [2.75, 3.05) is 5.75 Å². The molecule has 1 amide bonds. The predicted molar refractivity (Wildman–Crippen MR) is 123 cm³/mol. The summed E-state index contributed by atoms with van der Waals surface area (Å²) in [5.74, 6) is 0.265. The minimum absolute atomic E-state index is 0.00635. The van der Waals surface area contributed by atoms with Crippen molar-refractivity contribution in [2.45, 2.75) is 49.8 Å². The molecule has 5 nitrogen and oxygen atoms in total. The molecule has 3 aromatic heterocycles. The van der Waals surface area contributed by atoms with E-state index in [0.29, 0.717) is 21.9 Å². The highest BCUT2D eigenvalue weighted by molar-refractivity contribution is 7.99. The molecule has 0 radical (unpaired) electrons. The first kappa shape index (κ1) is 20.4. The van der Waals surface area contributed by atoms with E-state index in [0.717, 1.165) is 23.3 Å². The van der Waals surface area contributed by atoms with E-state index in [1.54, 1.807) is 22.0 Å². The first-order valence-corrected chi connectivity index (χ1v) is 12.5. The molecule has 4 rings (SSSR count). The molecule has 0 aromatic carbocycles. The summed E-state index contributed by atoms with van der Waals surface area (Å²) in [6, 6.07) is 4.28. The van der Waals surface area contributed by atoms with Crippen LogP contribution >= 0.6 is 34.4 Å². The van der Waals surface area contributed by atoms with E-state index in [1.807, 2.05) is 22.9 Å². The summed E-state index contributed by atoms with van der Waals surface area (Å²) in [4.78, 5) is 32.2. The van der Waals surface area contributed by atoms with E-state index < -0.39 is 0 Å². The van der Waals surface area contributed by atoms with Gasteiger partial charge < -0.3 is 5.32 Å². The highest BCUT2D eigenvalue weighted by Crippen LogP contribution is 2.34. The van der Waals surface area contributed by atoms with Gasteiger partial charge in [-0.05, 0) is 24.3 Å². The zero-order valence-electron chi connectivity index (χ0n) is 16.1. The second-order valence-electron chi connectivity index (χ2n) is 7.10. The van der Waals surface area contributed by atoms with Crippen LogP contribution in [0.3, 0.4) is 0 Å². The number of carbonyl (C=O) groups excluding carboxylic acids is 1. The van der Waals surface area contributed by atoms with Crippen LogP contribution < -0.4 is 10.9 Å². The number of thioether (sulfide) groups is 1. The number of carbonyl (C=O) groups is 1. The van der Waals surface area contributed by atoms with Gasteiger partial charge in [-0.25, -0.2) is 4.98 Å². The number of hydrogen-bond acceptors (Lipinski definition) is 6. The number of fused-ring (bicyclic) bond motifs is 1. The molecule has 29 heavy (non-hydrogen) atoms. The fourth-order valence-corrected chi connectivity index (χ4v) is 6.29. The number of allylic oxidation sites excluding steroid dienone is 1. The molecule has 1 fully saturated rings. The van der Waals surface area contributed by atoms with Crippen LogP contribution in [0.2, 0.25) is 0 Å². The van der Waals surface area contributed by atoms with E-state index >= 15 is 0 Å². The molecule has 1 aliphatic rings. The van der Waals surface area contributed by atoms with Crippen LogP contribution in [0.4, 0.5) is 0 Å². The number of amides is 1. The molecule has 3 heterocycles. The molecule has 1 aliphatic carbocycles. The van der Waals surface area contributed by atoms with Crippen LogP contribution in [0.25, 0.3) is 20.7 Å². The second-order valence-corrected chi connectivity index (χ2v) is 9.85. The number of nitrogens with one attached hydrogen (secondary N) is 1. The fourth-order valence-electron chi connectivity index (χ4n) is 3.67. The van der Waals surface area contributed by atoms with Crippen molar-refractivity contribution in [2.24, 2.45) is 0 Å². The molecular formula is C21H23N3O2S3. The summed E-state index contributed by atoms with van der Waals surface area (Å²) in [7, 11) is 0. The summed E-state index contributed by atoms with van der Waals surface area (Å²) in [6.07, 6.45) is 7.43. The monoisotopic (exact) mass is 445 g/mol. The number of aromatic nitrogens is 2. The Morgan fingerprint density at radius 3 is 2.90 bits per heavy atom. The molecule has 8 heteroatoms. The number of thiophene rings is 2. The Kier molecular flexibility index (Phi) is 6.52. The largest absolute Gasteiger partial charge is 0.353 e. The SMILES string of the molecule is C=CCn1c(SCC(=O)NC2CCCCC2)nc2scc(-c3cccs3)c2c1=O. The summed E-state index contributed by atoms with van der Waals surface area (Å²) < 4.78 is 1.62. The lowest BCUT2D eigenvalue weighted by molar-refractivity contribution is -0.119. The lowest BCUT2D eigenvalue weighted by Crippen LogP contribution is -2.37. The summed E-state index contributed by atoms with van der Waals surface area (Å²) in [6.45, 7) is 4.15. The third-order valence-corrected chi connectivity index (χ3v) is 7.81. The molecule has 0 unspecified atom stereocenters. The quantitative estimate of drug-likeness (QED) is 0.319. The Morgan fingerprint density at radius 2 is 2.17 bits per heavy atom. The molecule has 0 atom stereocenters. The highest BCUT2D eigenvalue weighted by atomic mass is 32.2. The van der Waals surface area contributed by atoms with Gasteiger partial charge >= 0.3 is 0 Å². The zero-order chi connectivity index (χ0) is 20.2. The molecule has 0 spiro atoms. The molecule has 0 saturated heterocycles. The minimum atomic E-state index is -0.0743. The van der Waals surface area contributed by atoms with Gasteiger partial charge in [0.15, 0.2) is 5.16 Å². The van der Waals surface area contributed by atoms with Crippen LogP contribution in [-0.4, -0.2) is 27.3 Å². The van der Waals surface area contributed by atoms with Gasteiger partial charge in [0.05, 0.1) is 11.1 Å². The van der Waals surface area contributed by atoms with E-state index in [9.17, 15) is 9.59 Å². The van der Waals surface area contributed by atoms with Gasteiger partial charge in [0, 0.05) is 28.4 Å². The van der Waals surface area contributed by atoms with Gasteiger partial charge in [-0.3, -0.25) is 14.2 Å². The van der Waals surface area contributed by atoms with E-state index in [1.165, 1.54) is 42.4 Å². The highest BCUT2D eigenvalue weighted by Gasteiger charge is 2.19. The molecule has 152 valence electrons. The van der Waals surface area contributed by atoms with E-state index in [-0.39, 0.29) is 23.3 Å².